The van der Waals surface area contributed by atoms with Crippen LogP contribution in [0.15, 0.2) is 18.5 Å². The van der Waals surface area contributed by atoms with Crippen LogP contribution in [-0.4, -0.2) is 32.3 Å². The van der Waals surface area contributed by atoms with Gasteiger partial charge in [-0.2, -0.15) is 5.10 Å². The highest BCUT2D eigenvalue weighted by atomic mass is 16.4. The Morgan fingerprint density at radius 2 is 2.32 bits per heavy atom. The first-order valence-corrected chi connectivity index (χ1v) is 6.52. The molecule has 1 saturated carbocycles. The lowest BCUT2D eigenvalue weighted by Gasteiger charge is -2.39. The van der Waals surface area contributed by atoms with Crippen molar-refractivity contribution in [2.75, 3.05) is 0 Å². The van der Waals surface area contributed by atoms with E-state index >= 15 is 0 Å². The molecule has 1 amide bonds. The van der Waals surface area contributed by atoms with Crippen LogP contribution in [0.5, 0.6) is 0 Å². The number of carboxylic acids is 1. The van der Waals surface area contributed by atoms with Crippen molar-refractivity contribution in [1.82, 2.24) is 15.1 Å². The van der Waals surface area contributed by atoms with Gasteiger partial charge in [0.25, 0.3) is 0 Å². The average molecular weight is 265 g/mol. The van der Waals surface area contributed by atoms with E-state index in [4.69, 9.17) is 0 Å². The van der Waals surface area contributed by atoms with Gasteiger partial charge in [-0.25, -0.2) is 0 Å². The van der Waals surface area contributed by atoms with E-state index in [0.29, 0.717) is 12.8 Å². The number of carbonyl (C=O) groups is 2. The monoisotopic (exact) mass is 265 g/mol. The van der Waals surface area contributed by atoms with Gasteiger partial charge < -0.3 is 10.4 Å². The first-order valence-electron chi connectivity index (χ1n) is 6.52. The Hall–Kier alpha value is -1.85. The van der Waals surface area contributed by atoms with Crippen molar-refractivity contribution >= 4 is 11.9 Å². The minimum Gasteiger partial charge on any atom is -0.481 e. The van der Waals surface area contributed by atoms with E-state index in [1.165, 1.54) is 4.68 Å². The predicted molar refractivity (Wildman–Crippen MR) is 68.4 cm³/mol. The summed E-state index contributed by atoms with van der Waals surface area (Å²) in [5, 5.41) is 16.1. The minimum absolute atomic E-state index is 0.120. The van der Waals surface area contributed by atoms with Gasteiger partial charge in [0.15, 0.2) is 0 Å². The molecule has 2 unspecified atom stereocenters. The summed E-state index contributed by atoms with van der Waals surface area (Å²) >= 11 is 0. The average Bonchev–Trinajstić information content (AvgIpc) is 2.80. The quantitative estimate of drug-likeness (QED) is 0.851. The van der Waals surface area contributed by atoms with Crippen molar-refractivity contribution in [2.45, 2.75) is 44.7 Å². The predicted octanol–water partition coefficient (Wildman–Crippen LogP) is 1.03. The molecule has 0 bridgehead atoms. The second kappa shape index (κ2) is 5.42. The number of hydrogen-bond acceptors (Lipinski definition) is 3. The summed E-state index contributed by atoms with van der Waals surface area (Å²) in [6.07, 6.45) is 6.49. The van der Waals surface area contributed by atoms with Crippen molar-refractivity contribution in [3.05, 3.63) is 18.5 Å². The SMILES string of the molecule is CC1(NC(=O)Cn2cccn2)CCCCC1C(=O)O. The van der Waals surface area contributed by atoms with Gasteiger partial charge in [0.1, 0.15) is 6.54 Å². The summed E-state index contributed by atoms with van der Waals surface area (Å²) in [5.41, 5.74) is -0.658. The first-order chi connectivity index (χ1) is 9.01. The normalized spacial score (nSPS) is 26.9. The zero-order valence-electron chi connectivity index (χ0n) is 11.0. The van der Waals surface area contributed by atoms with Crippen LogP contribution in [0.4, 0.5) is 0 Å². The highest BCUT2D eigenvalue weighted by molar-refractivity contribution is 5.79. The van der Waals surface area contributed by atoms with Gasteiger partial charge in [-0.15, -0.1) is 0 Å². The van der Waals surface area contributed by atoms with Gasteiger partial charge in [-0.3, -0.25) is 14.3 Å². The molecule has 2 rings (SSSR count). The van der Waals surface area contributed by atoms with Crippen LogP contribution in [0.1, 0.15) is 32.6 Å². The molecule has 0 spiro atoms. The maximum atomic E-state index is 12.0. The number of aliphatic carboxylic acids is 1. The van der Waals surface area contributed by atoms with Gasteiger partial charge >= 0.3 is 5.97 Å². The van der Waals surface area contributed by atoms with Crippen LogP contribution in [0.3, 0.4) is 0 Å². The third-order valence-electron chi connectivity index (χ3n) is 3.80. The third kappa shape index (κ3) is 3.13. The van der Waals surface area contributed by atoms with Crippen LogP contribution >= 0.6 is 0 Å². The largest absolute Gasteiger partial charge is 0.481 e. The van der Waals surface area contributed by atoms with Crippen molar-refractivity contribution in [3.8, 4) is 0 Å². The van der Waals surface area contributed by atoms with E-state index in [2.05, 4.69) is 10.4 Å². The van der Waals surface area contributed by atoms with Gasteiger partial charge in [0, 0.05) is 12.4 Å². The van der Waals surface area contributed by atoms with E-state index in [9.17, 15) is 14.7 Å². The summed E-state index contributed by atoms with van der Waals surface area (Å²) < 4.78 is 1.53. The highest BCUT2D eigenvalue weighted by Gasteiger charge is 2.42. The molecule has 0 radical (unpaired) electrons. The van der Waals surface area contributed by atoms with Crippen LogP contribution in [0.2, 0.25) is 0 Å². The molecule has 2 atom stereocenters. The maximum Gasteiger partial charge on any atom is 0.308 e. The number of rotatable bonds is 4. The molecule has 104 valence electrons. The van der Waals surface area contributed by atoms with Gasteiger partial charge in [-0.05, 0) is 25.8 Å². The molecule has 1 fully saturated rings. The Labute approximate surface area is 111 Å². The maximum absolute atomic E-state index is 12.0. The van der Waals surface area contributed by atoms with Crippen molar-refractivity contribution < 1.29 is 14.7 Å². The topological polar surface area (TPSA) is 84.2 Å². The standard InChI is InChI=1S/C13H19N3O3/c1-13(6-3-2-5-10(13)12(18)19)15-11(17)9-16-8-4-7-14-16/h4,7-8,10H,2-3,5-6,9H2,1H3,(H,15,17)(H,18,19). The Morgan fingerprint density at radius 3 is 2.95 bits per heavy atom. The van der Waals surface area contributed by atoms with Crippen molar-refractivity contribution in [2.24, 2.45) is 5.92 Å². The van der Waals surface area contributed by atoms with Crippen LogP contribution in [0.25, 0.3) is 0 Å². The van der Waals surface area contributed by atoms with Gasteiger partial charge in [0.05, 0.1) is 11.5 Å². The highest BCUT2D eigenvalue weighted by Crippen LogP contribution is 2.33. The number of aromatic nitrogens is 2. The summed E-state index contributed by atoms with van der Waals surface area (Å²) in [5.74, 6) is -1.54. The van der Waals surface area contributed by atoms with E-state index in [-0.39, 0.29) is 12.5 Å². The van der Waals surface area contributed by atoms with E-state index in [1.54, 1.807) is 18.5 Å². The lowest BCUT2D eigenvalue weighted by Crippen LogP contribution is -2.56. The van der Waals surface area contributed by atoms with E-state index < -0.39 is 17.4 Å². The first kappa shape index (κ1) is 13.6. The fourth-order valence-electron chi connectivity index (χ4n) is 2.78. The van der Waals surface area contributed by atoms with Crippen LogP contribution < -0.4 is 5.32 Å². The summed E-state index contributed by atoms with van der Waals surface area (Å²) in [4.78, 5) is 23.3. The number of carboxylic acid groups (broad SMARTS) is 1. The summed E-state index contributed by atoms with van der Waals surface area (Å²) in [6.45, 7) is 1.95. The molecule has 1 aliphatic carbocycles. The molecular weight excluding hydrogens is 246 g/mol. The van der Waals surface area contributed by atoms with Gasteiger partial charge in [-0.1, -0.05) is 12.8 Å². The number of amides is 1. The molecule has 0 aromatic carbocycles. The molecule has 1 heterocycles. The lowest BCUT2D eigenvalue weighted by molar-refractivity contribution is -0.146. The van der Waals surface area contributed by atoms with Crippen molar-refractivity contribution in [1.29, 1.82) is 0 Å². The lowest BCUT2D eigenvalue weighted by atomic mass is 9.74. The molecule has 6 heteroatoms. The number of nitrogens with zero attached hydrogens (tertiary/aromatic N) is 2. The Morgan fingerprint density at radius 1 is 1.53 bits per heavy atom. The number of carbonyl (C=O) groups excluding carboxylic acids is 1. The number of hydrogen-bond donors (Lipinski definition) is 2. The molecule has 19 heavy (non-hydrogen) atoms. The number of nitrogens with one attached hydrogen (secondary N) is 1. The zero-order chi connectivity index (χ0) is 13.9. The Bertz CT molecular complexity index is 458. The fourth-order valence-corrected chi connectivity index (χ4v) is 2.78. The second-order valence-corrected chi connectivity index (χ2v) is 5.31. The molecule has 0 aliphatic heterocycles. The second-order valence-electron chi connectivity index (χ2n) is 5.31. The fraction of sp³-hybridized carbons (Fsp3) is 0.615. The molecular formula is C13H19N3O3. The van der Waals surface area contributed by atoms with Crippen LogP contribution in [0, 0.1) is 5.92 Å². The van der Waals surface area contributed by atoms with Gasteiger partial charge in [0.2, 0.25) is 5.91 Å². The van der Waals surface area contributed by atoms with Crippen LogP contribution in [-0.2, 0) is 16.1 Å². The smallest absolute Gasteiger partial charge is 0.308 e. The molecule has 2 N–H and O–H groups in total. The molecule has 6 nitrogen and oxygen atoms in total. The Balaban J connectivity index is 2.02. The summed E-state index contributed by atoms with van der Waals surface area (Å²) in [6, 6.07) is 1.75. The summed E-state index contributed by atoms with van der Waals surface area (Å²) in [7, 11) is 0. The third-order valence-corrected chi connectivity index (χ3v) is 3.80. The van der Waals surface area contributed by atoms with Crippen molar-refractivity contribution in [3.63, 3.8) is 0 Å². The molecule has 1 aliphatic rings. The van der Waals surface area contributed by atoms with E-state index in [1.807, 2.05) is 6.92 Å². The zero-order valence-corrected chi connectivity index (χ0v) is 11.0. The minimum atomic E-state index is -0.832. The van der Waals surface area contributed by atoms with E-state index in [0.717, 1.165) is 12.8 Å². The Kier molecular flexibility index (Phi) is 3.87. The molecule has 0 saturated heterocycles. The molecule has 1 aromatic heterocycles. The molecule has 1 aromatic rings.